The zero-order valence-corrected chi connectivity index (χ0v) is 17.3. The van der Waals surface area contributed by atoms with E-state index in [2.05, 4.69) is 33.6 Å². The molecular formula is C21H21ClN4OS. The molecule has 2 heterocycles. The molecule has 0 bridgehead atoms. The Morgan fingerprint density at radius 2 is 1.96 bits per heavy atom. The number of hydrogen-bond donors (Lipinski definition) is 2. The van der Waals surface area contributed by atoms with Gasteiger partial charge in [0.25, 0.3) is 5.19 Å². The molecule has 28 heavy (non-hydrogen) atoms. The van der Waals surface area contributed by atoms with Crippen LogP contribution in [0.4, 0.5) is 5.69 Å². The second-order valence-electron chi connectivity index (χ2n) is 6.68. The predicted octanol–water partition coefficient (Wildman–Crippen LogP) is 5.63. The van der Waals surface area contributed by atoms with Gasteiger partial charge in [0.05, 0.1) is 5.69 Å². The van der Waals surface area contributed by atoms with E-state index in [1.807, 2.05) is 42.6 Å². The molecule has 0 radical (unpaired) electrons. The highest BCUT2D eigenvalue weighted by Crippen LogP contribution is 2.34. The summed E-state index contributed by atoms with van der Waals surface area (Å²) in [4.78, 5) is 9.07. The maximum absolute atomic E-state index is 6.07. The van der Waals surface area contributed by atoms with Crippen molar-refractivity contribution in [3.63, 3.8) is 0 Å². The van der Waals surface area contributed by atoms with Crippen LogP contribution in [0, 0.1) is 13.8 Å². The third-order valence-electron chi connectivity index (χ3n) is 4.49. The molecule has 3 aromatic rings. The lowest BCUT2D eigenvalue weighted by Gasteiger charge is -2.18. The fraction of sp³-hybridized carbons (Fsp3) is 0.238. The van der Waals surface area contributed by atoms with Crippen LogP contribution in [-0.2, 0) is 0 Å². The molecule has 0 saturated carbocycles. The summed E-state index contributed by atoms with van der Waals surface area (Å²) in [6, 6.07) is 11.8. The number of guanidine groups is 1. The number of nitrogens with one attached hydrogen (secondary N) is 2. The van der Waals surface area contributed by atoms with Crippen LogP contribution in [0.2, 0.25) is 5.02 Å². The predicted molar refractivity (Wildman–Crippen MR) is 117 cm³/mol. The maximum atomic E-state index is 6.07. The minimum Gasteiger partial charge on any atom is -0.431 e. The van der Waals surface area contributed by atoms with E-state index in [4.69, 9.17) is 16.3 Å². The van der Waals surface area contributed by atoms with Gasteiger partial charge in [0.1, 0.15) is 5.75 Å². The Labute approximate surface area is 173 Å². The molecule has 0 fully saturated rings. The van der Waals surface area contributed by atoms with E-state index in [-0.39, 0.29) is 0 Å². The number of ether oxygens (including phenoxy) is 1. The molecule has 0 unspecified atom stereocenters. The van der Waals surface area contributed by atoms with Crippen molar-refractivity contribution in [3.8, 4) is 22.2 Å². The summed E-state index contributed by atoms with van der Waals surface area (Å²) < 4.78 is 6.07. The number of benzene rings is 2. The standard InChI is InChI=1S/C21H21ClN4OS/c1-13-11-19(14(2)10-17(13)25-20-23-8-3-9-24-20)27-21-26-18(12-28-21)15-4-6-16(22)7-5-15/h4-7,10-12H,3,8-9H2,1-2H3,(H2,23,24,25). The first kappa shape index (κ1) is 18.8. The lowest BCUT2D eigenvalue weighted by Crippen LogP contribution is -2.35. The lowest BCUT2D eigenvalue weighted by atomic mass is 10.1. The molecule has 0 aliphatic carbocycles. The summed E-state index contributed by atoms with van der Waals surface area (Å²) in [6.07, 6.45) is 1.07. The van der Waals surface area contributed by atoms with Crippen molar-refractivity contribution >= 4 is 34.6 Å². The lowest BCUT2D eigenvalue weighted by molar-refractivity contribution is 0.475. The van der Waals surface area contributed by atoms with Gasteiger partial charge in [-0.25, -0.2) is 4.98 Å². The normalized spacial score (nSPS) is 13.6. The van der Waals surface area contributed by atoms with Gasteiger partial charge in [-0.1, -0.05) is 35.1 Å². The monoisotopic (exact) mass is 412 g/mol. The highest BCUT2D eigenvalue weighted by atomic mass is 35.5. The molecule has 0 spiro atoms. The van der Waals surface area contributed by atoms with E-state index in [9.17, 15) is 0 Å². The number of nitrogens with zero attached hydrogens (tertiary/aromatic N) is 2. The Morgan fingerprint density at radius 1 is 1.14 bits per heavy atom. The topological polar surface area (TPSA) is 58.5 Å². The number of hydrogen-bond acceptors (Lipinski definition) is 6. The van der Waals surface area contributed by atoms with Gasteiger partial charge < -0.3 is 15.4 Å². The van der Waals surface area contributed by atoms with E-state index in [0.717, 1.165) is 59.3 Å². The Bertz CT molecular complexity index is 1010. The fourth-order valence-electron chi connectivity index (χ4n) is 2.93. The van der Waals surface area contributed by atoms with E-state index in [0.29, 0.717) is 10.2 Å². The number of halogens is 1. The van der Waals surface area contributed by atoms with E-state index in [1.54, 1.807) is 0 Å². The molecule has 2 aromatic carbocycles. The van der Waals surface area contributed by atoms with Crippen molar-refractivity contribution < 1.29 is 4.74 Å². The maximum Gasteiger partial charge on any atom is 0.279 e. The number of aryl methyl sites for hydroxylation is 2. The van der Waals surface area contributed by atoms with Crippen LogP contribution in [-0.4, -0.2) is 24.0 Å². The summed E-state index contributed by atoms with van der Waals surface area (Å²) in [5.74, 6) is 1.63. The molecular weight excluding hydrogens is 392 g/mol. The molecule has 0 amide bonds. The minimum atomic E-state index is 0.617. The molecule has 0 saturated heterocycles. The largest absolute Gasteiger partial charge is 0.431 e. The average molecular weight is 413 g/mol. The van der Waals surface area contributed by atoms with Crippen LogP contribution < -0.4 is 15.4 Å². The molecule has 4 rings (SSSR count). The van der Waals surface area contributed by atoms with Gasteiger partial charge >= 0.3 is 0 Å². The molecule has 7 heteroatoms. The molecule has 2 N–H and O–H groups in total. The van der Waals surface area contributed by atoms with Crippen LogP contribution in [0.3, 0.4) is 0 Å². The number of aliphatic imine (C=N–C) groups is 1. The summed E-state index contributed by atoms with van der Waals surface area (Å²) in [5, 5.41) is 9.97. The van der Waals surface area contributed by atoms with Crippen molar-refractivity contribution in [1.82, 2.24) is 10.3 Å². The Hall–Kier alpha value is -2.57. The minimum absolute atomic E-state index is 0.617. The zero-order chi connectivity index (χ0) is 19.5. The number of aromatic nitrogens is 1. The Balaban J connectivity index is 1.51. The molecule has 1 aliphatic heterocycles. The smallest absolute Gasteiger partial charge is 0.279 e. The number of rotatable bonds is 4. The molecule has 0 atom stereocenters. The van der Waals surface area contributed by atoms with Crippen molar-refractivity contribution in [3.05, 3.63) is 57.9 Å². The summed E-state index contributed by atoms with van der Waals surface area (Å²) >= 11 is 7.44. The summed E-state index contributed by atoms with van der Waals surface area (Å²) in [7, 11) is 0. The summed E-state index contributed by atoms with van der Waals surface area (Å²) in [5.41, 5.74) is 5.05. The highest BCUT2D eigenvalue weighted by Gasteiger charge is 2.12. The van der Waals surface area contributed by atoms with Crippen molar-refractivity contribution in [2.45, 2.75) is 20.3 Å². The number of thiazole rings is 1. The van der Waals surface area contributed by atoms with Crippen LogP contribution >= 0.6 is 22.9 Å². The first-order valence-electron chi connectivity index (χ1n) is 9.14. The first-order valence-corrected chi connectivity index (χ1v) is 10.4. The van der Waals surface area contributed by atoms with Crippen LogP contribution in [0.5, 0.6) is 10.9 Å². The van der Waals surface area contributed by atoms with Gasteiger partial charge in [0.15, 0.2) is 5.96 Å². The van der Waals surface area contributed by atoms with Gasteiger partial charge in [0, 0.05) is 34.7 Å². The van der Waals surface area contributed by atoms with E-state index in [1.165, 1.54) is 11.3 Å². The first-order chi connectivity index (χ1) is 13.6. The Morgan fingerprint density at radius 3 is 2.71 bits per heavy atom. The van der Waals surface area contributed by atoms with E-state index < -0.39 is 0 Å². The molecule has 144 valence electrons. The Kier molecular flexibility index (Phi) is 5.50. The third-order valence-corrected chi connectivity index (χ3v) is 5.46. The van der Waals surface area contributed by atoms with Gasteiger partial charge in [-0.2, -0.15) is 0 Å². The van der Waals surface area contributed by atoms with E-state index >= 15 is 0 Å². The second kappa shape index (κ2) is 8.20. The van der Waals surface area contributed by atoms with Crippen LogP contribution in [0.15, 0.2) is 46.8 Å². The zero-order valence-electron chi connectivity index (χ0n) is 15.8. The van der Waals surface area contributed by atoms with Crippen molar-refractivity contribution in [2.75, 3.05) is 18.4 Å². The van der Waals surface area contributed by atoms with Gasteiger partial charge in [-0.05, 0) is 55.7 Å². The molecule has 5 nitrogen and oxygen atoms in total. The summed E-state index contributed by atoms with van der Waals surface area (Å²) in [6.45, 7) is 5.89. The SMILES string of the molecule is Cc1cc(Oc2nc(-c3ccc(Cl)cc3)cs2)c(C)cc1NC1=NCCCN1. The highest BCUT2D eigenvalue weighted by molar-refractivity contribution is 7.11. The number of anilines is 1. The average Bonchev–Trinajstić information content (AvgIpc) is 3.16. The van der Waals surface area contributed by atoms with Gasteiger partial charge in [-0.15, -0.1) is 0 Å². The van der Waals surface area contributed by atoms with Gasteiger partial charge in [0.2, 0.25) is 0 Å². The fourth-order valence-corrected chi connectivity index (χ4v) is 3.75. The third kappa shape index (κ3) is 4.29. The van der Waals surface area contributed by atoms with Crippen LogP contribution in [0.25, 0.3) is 11.3 Å². The molecule has 1 aromatic heterocycles. The quantitative estimate of drug-likeness (QED) is 0.582. The second-order valence-corrected chi connectivity index (χ2v) is 7.93. The van der Waals surface area contributed by atoms with Crippen molar-refractivity contribution in [2.24, 2.45) is 4.99 Å². The molecule has 1 aliphatic rings. The van der Waals surface area contributed by atoms with Gasteiger partial charge in [-0.3, -0.25) is 4.99 Å². The van der Waals surface area contributed by atoms with Crippen LogP contribution in [0.1, 0.15) is 17.5 Å². The van der Waals surface area contributed by atoms with Crippen molar-refractivity contribution in [1.29, 1.82) is 0 Å².